The Labute approximate surface area is 123 Å². The van der Waals surface area contributed by atoms with Crippen LogP contribution in [0.4, 0.5) is 5.69 Å². The fourth-order valence-corrected chi connectivity index (χ4v) is 2.61. The number of hydrogen-bond acceptors (Lipinski definition) is 2. The lowest BCUT2D eigenvalue weighted by Gasteiger charge is -2.29. The molecule has 0 aliphatic rings. The minimum absolute atomic E-state index is 0.306. The second-order valence-corrected chi connectivity index (χ2v) is 5.82. The SMILES string of the molecule is CCCCCN(c1ccc(C(=O)O)c(Br)c1)C(C)C. The Kier molecular flexibility index (Phi) is 6.35. The van der Waals surface area contributed by atoms with Crippen molar-refractivity contribution in [3.05, 3.63) is 28.2 Å². The number of anilines is 1. The largest absolute Gasteiger partial charge is 0.478 e. The third kappa shape index (κ3) is 4.53. The van der Waals surface area contributed by atoms with Crippen LogP contribution in [-0.2, 0) is 0 Å². The van der Waals surface area contributed by atoms with Gasteiger partial charge in [-0.2, -0.15) is 0 Å². The van der Waals surface area contributed by atoms with E-state index in [0.717, 1.165) is 18.7 Å². The molecule has 0 heterocycles. The monoisotopic (exact) mass is 327 g/mol. The molecule has 1 N–H and O–H groups in total. The van der Waals surface area contributed by atoms with Crippen LogP contribution in [0.3, 0.4) is 0 Å². The van der Waals surface area contributed by atoms with Gasteiger partial charge in [0.05, 0.1) is 5.56 Å². The van der Waals surface area contributed by atoms with E-state index in [2.05, 4.69) is 41.6 Å². The number of unbranched alkanes of at least 4 members (excludes halogenated alkanes) is 2. The number of aromatic carboxylic acids is 1. The van der Waals surface area contributed by atoms with Gasteiger partial charge in [0.2, 0.25) is 0 Å². The molecular weight excluding hydrogens is 306 g/mol. The van der Waals surface area contributed by atoms with E-state index in [1.807, 2.05) is 12.1 Å². The lowest BCUT2D eigenvalue weighted by Crippen LogP contribution is -2.31. The van der Waals surface area contributed by atoms with Crippen molar-refractivity contribution < 1.29 is 9.90 Å². The van der Waals surface area contributed by atoms with Crippen LogP contribution in [-0.4, -0.2) is 23.7 Å². The first kappa shape index (κ1) is 16.0. The average Bonchev–Trinajstić information content (AvgIpc) is 2.33. The highest BCUT2D eigenvalue weighted by atomic mass is 79.9. The molecule has 1 aromatic rings. The molecule has 0 saturated heterocycles. The van der Waals surface area contributed by atoms with Crippen LogP contribution in [0.5, 0.6) is 0 Å². The topological polar surface area (TPSA) is 40.5 Å². The van der Waals surface area contributed by atoms with Crippen molar-refractivity contribution in [3.63, 3.8) is 0 Å². The molecule has 0 aliphatic heterocycles. The Balaban J connectivity index is 2.90. The third-order valence-corrected chi connectivity index (χ3v) is 3.80. The first-order valence-electron chi connectivity index (χ1n) is 6.76. The van der Waals surface area contributed by atoms with Gasteiger partial charge < -0.3 is 10.0 Å². The van der Waals surface area contributed by atoms with Gasteiger partial charge in [-0.25, -0.2) is 4.79 Å². The summed E-state index contributed by atoms with van der Waals surface area (Å²) in [5.41, 5.74) is 1.38. The minimum atomic E-state index is -0.902. The van der Waals surface area contributed by atoms with Gasteiger partial charge in [0, 0.05) is 22.7 Å². The number of nitrogens with zero attached hydrogens (tertiary/aromatic N) is 1. The molecule has 0 bridgehead atoms. The Morgan fingerprint density at radius 3 is 2.53 bits per heavy atom. The van der Waals surface area contributed by atoms with Crippen LogP contribution in [0.1, 0.15) is 50.4 Å². The maximum absolute atomic E-state index is 11.0. The van der Waals surface area contributed by atoms with Crippen LogP contribution < -0.4 is 4.90 Å². The van der Waals surface area contributed by atoms with E-state index in [-0.39, 0.29) is 0 Å². The van der Waals surface area contributed by atoms with Gasteiger partial charge in [0.25, 0.3) is 0 Å². The molecule has 4 heteroatoms. The van der Waals surface area contributed by atoms with Gasteiger partial charge in [-0.1, -0.05) is 19.8 Å². The fourth-order valence-electron chi connectivity index (χ4n) is 2.07. The summed E-state index contributed by atoms with van der Waals surface area (Å²) in [7, 11) is 0. The molecule has 0 fully saturated rings. The minimum Gasteiger partial charge on any atom is -0.478 e. The number of halogens is 1. The number of benzene rings is 1. The summed E-state index contributed by atoms with van der Waals surface area (Å²) in [6.07, 6.45) is 3.58. The van der Waals surface area contributed by atoms with E-state index in [4.69, 9.17) is 5.11 Å². The maximum atomic E-state index is 11.0. The second-order valence-electron chi connectivity index (χ2n) is 4.96. The first-order chi connectivity index (χ1) is 8.97. The summed E-state index contributed by atoms with van der Waals surface area (Å²) in [4.78, 5) is 13.3. The van der Waals surface area contributed by atoms with E-state index in [0.29, 0.717) is 16.1 Å². The molecule has 0 unspecified atom stereocenters. The summed E-state index contributed by atoms with van der Waals surface area (Å²) in [5.74, 6) is -0.902. The number of carbonyl (C=O) groups is 1. The van der Waals surface area contributed by atoms with Crippen molar-refractivity contribution in [2.45, 2.75) is 46.1 Å². The Morgan fingerprint density at radius 2 is 2.05 bits per heavy atom. The predicted molar refractivity (Wildman–Crippen MR) is 83.1 cm³/mol. The fraction of sp³-hybridized carbons (Fsp3) is 0.533. The van der Waals surface area contributed by atoms with Crippen molar-refractivity contribution in [2.75, 3.05) is 11.4 Å². The molecular formula is C15H22BrNO2. The molecule has 1 aromatic carbocycles. The van der Waals surface area contributed by atoms with Gasteiger partial charge in [-0.3, -0.25) is 0 Å². The Bertz CT molecular complexity index is 432. The second kappa shape index (κ2) is 7.53. The maximum Gasteiger partial charge on any atom is 0.336 e. The molecule has 0 aromatic heterocycles. The molecule has 0 aliphatic carbocycles. The summed E-state index contributed by atoms with van der Waals surface area (Å²) in [5, 5.41) is 9.03. The van der Waals surface area contributed by atoms with Crippen LogP contribution in [0.15, 0.2) is 22.7 Å². The molecule has 0 radical (unpaired) electrons. The number of hydrogen-bond donors (Lipinski definition) is 1. The van der Waals surface area contributed by atoms with E-state index >= 15 is 0 Å². The highest BCUT2D eigenvalue weighted by Crippen LogP contribution is 2.26. The predicted octanol–water partition coefficient (Wildman–Crippen LogP) is 4.55. The lowest BCUT2D eigenvalue weighted by molar-refractivity contribution is 0.0696. The molecule has 1 rings (SSSR count). The normalized spacial score (nSPS) is 10.8. The molecule has 19 heavy (non-hydrogen) atoms. The van der Waals surface area contributed by atoms with Crippen molar-refractivity contribution >= 4 is 27.6 Å². The Hall–Kier alpha value is -1.03. The van der Waals surface area contributed by atoms with Crippen molar-refractivity contribution in [1.29, 1.82) is 0 Å². The van der Waals surface area contributed by atoms with E-state index in [9.17, 15) is 4.79 Å². The first-order valence-corrected chi connectivity index (χ1v) is 7.56. The van der Waals surface area contributed by atoms with Gasteiger partial charge >= 0.3 is 5.97 Å². The van der Waals surface area contributed by atoms with Crippen molar-refractivity contribution in [3.8, 4) is 0 Å². The standard InChI is InChI=1S/C15H22BrNO2/c1-4-5-6-9-17(11(2)3)12-7-8-13(15(18)19)14(16)10-12/h7-8,10-11H,4-6,9H2,1-3H3,(H,18,19). The van der Waals surface area contributed by atoms with Gasteiger partial charge in [0.15, 0.2) is 0 Å². The molecule has 106 valence electrons. The van der Waals surface area contributed by atoms with Gasteiger partial charge in [-0.15, -0.1) is 0 Å². The zero-order valence-corrected chi connectivity index (χ0v) is 13.4. The molecule has 0 atom stereocenters. The smallest absolute Gasteiger partial charge is 0.336 e. The number of carboxylic acids is 1. The van der Waals surface area contributed by atoms with E-state index in [1.165, 1.54) is 12.8 Å². The number of rotatable bonds is 7. The van der Waals surface area contributed by atoms with Crippen LogP contribution in [0.25, 0.3) is 0 Å². The van der Waals surface area contributed by atoms with Crippen molar-refractivity contribution in [1.82, 2.24) is 0 Å². The van der Waals surface area contributed by atoms with Crippen LogP contribution in [0.2, 0.25) is 0 Å². The zero-order valence-electron chi connectivity index (χ0n) is 11.8. The van der Waals surface area contributed by atoms with E-state index in [1.54, 1.807) is 6.07 Å². The summed E-state index contributed by atoms with van der Waals surface area (Å²) in [6.45, 7) is 7.51. The number of carboxylic acid groups (broad SMARTS) is 1. The van der Waals surface area contributed by atoms with Gasteiger partial charge in [-0.05, 0) is 54.4 Å². The van der Waals surface area contributed by atoms with Crippen LogP contribution in [0, 0.1) is 0 Å². The third-order valence-electron chi connectivity index (χ3n) is 3.14. The molecule has 0 amide bonds. The lowest BCUT2D eigenvalue weighted by atomic mass is 10.1. The quantitative estimate of drug-likeness (QED) is 0.746. The van der Waals surface area contributed by atoms with E-state index < -0.39 is 5.97 Å². The molecule has 3 nitrogen and oxygen atoms in total. The zero-order chi connectivity index (χ0) is 14.4. The molecule has 0 spiro atoms. The van der Waals surface area contributed by atoms with Crippen LogP contribution >= 0.6 is 15.9 Å². The molecule has 0 saturated carbocycles. The summed E-state index contributed by atoms with van der Waals surface area (Å²) < 4.78 is 0.638. The highest BCUT2D eigenvalue weighted by molar-refractivity contribution is 9.10. The van der Waals surface area contributed by atoms with Crippen molar-refractivity contribution in [2.24, 2.45) is 0 Å². The summed E-state index contributed by atoms with van der Waals surface area (Å²) >= 11 is 3.34. The van der Waals surface area contributed by atoms with Gasteiger partial charge in [0.1, 0.15) is 0 Å². The average molecular weight is 328 g/mol. The summed E-state index contributed by atoms with van der Waals surface area (Å²) in [6, 6.07) is 5.85. The highest BCUT2D eigenvalue weighted by Gasteiger charge is 2.14. The Morgan fingerprint density at radius 1 is 1.37 bits per heavy atom.